The number of aliphatic carboxylic acids is 1. The molecule has 0 aliphatic heterocycles. The Morgan fingerprint density at radius 3 is 2.38 bits per heavy atom. The van der Waals surface area contributed by atoms with E-state index in [0.717, 1.165) is 0 Å². The normalized spacial score (nSPS) is 10.1. The lowest BCUT2D eigenvalue weighted by molar-refractivity contribution is -0.136. The Morgan fingerprint density at radius 1 is 1.31 bits per heavy atom. The van der Waals surface area contributed by atoms with Crippen LogP contribution in [0.1, 0.15) is 19.3 Å². The molecule has 0 spiro atoms. The van der Waals surface area contributed by atoms with Crippen LogP contribution in [0.15, 0.2) is 0 Å². The fourth-order valence-corrected chi connectivity index (χ4v) is 0.695. The highest BCUT2D eigenvalue weighted by Crippen LogP contribution is 1.89. The van der Waals surface area contributed by atoms with Gasteiger partial charge in [0.2, 0.25) is 5.91 Å². The van der Waals surface area contributed by atoms with Gasteiger partial charge in [-0.05, 0) is 6.42 Å². The van der Waals surface area contributed by atoms with Crippen molar-refractivity contribution in [2.75, 3.05) is 6.54 Å². The first kappa shape index (κ1) is 11.9. The summed E-state index contributed by atoms with van der Waals surface area (Å²) in [6.07, 6.45) is 0.0709. The maximum atomic E-state index is 10.9. The van der Waals surface area contributed by atoms with Crippen molar-refractivity contribution in [2.45, 2.75) is 25.4 Å². The lowest BCUT2D eigenvalue weighted by atomic mass is 10.2. The predicted octanol–water partition coefficient (Wildman–Crippen LogP) is -1.40. The Bertz CT molecular complexity index is 182. The SMILES string of the molecule is NC(N)CCC(=O)NCCC(=O)O. The largest absolute Gasteiger partial charge is 0.481 e. The van der Waals surface area contributed by atoms with Gasteiger partial charge in [-0.1, -0.05) is 0 Å². The second-order valence-electron chi connectivity index (χ2n) is 2.70. The summed E-state index contributed by atoms with van der Waals surface area (Å²) in [5, 5.41) is 10.7. The summed E-state index contributed by atoms with van der Waals surface area (Å²) in [5.74, 6) is -1.15. The highest BCUT2D eigenvalue weighted by molar-refractivity contribution is 5.76. The molecule has 6 N–H and O–H groups in total. The minimum Gasteiger partial charge on any atom is -0.481 e. The third-order valence-electron chi connectivity index (χ3n) is 1.37. The molecule has 0 saturated heterocycles. The summed E-state index contributed by atoms with van der Waals surface area (Å²) < 4.78 is 0. The molecule has 6 nitrogen and oxygen atoms in total. The maximum Gasteiger partial charge on any atom is 0.305 e. The fourth-order valence-electron chi connectivity index (χ4n) is 0.695. The molecule has 0 aliphatic rings. The van der Waals surface area contributed by atoms with E-state index in [2.05, 4.69) is 5.32 Å². The van der Waals surface area contributed by atoms with Gasteiger partial charge in [0.1, 0.15) is 0 Å². The molecule has 13 heavy (non-hydrogen) atoms. The molecular weight excluding hydrogens is 174 g/mol. The number of carbonyl (C=O) groups is 2. The van der Waals surface area contributed by atoms with Crippen molar-refractivity contribution in [2.24, 2.45) is 11.5 Å². The summed E-state index contributed by atoms with van der Waals surface area (Å²) in [4.78, 5) is 21.0. The fraction of sp³-hybridized carbons (Fsp3) is 0.714. The smallest absolute Gasteiger partial charge is 0.305 e. The molecule has 0 bridgehead atoms. The molecule has 0 unspecified atom stereocenters. The van der Waals surface area contributed by atoms with Crippen LogP contribution in [-0.2, 0) is 9.59 Å². The van der Waals surface area contributed by atoms with Crippen LogP contribution in [0.4, 0.5) is 0 Å². The van der Waals surface area contributed by atoms with E-state index in [1.54, 1.807) is 0 Å². The minimum atomic E-state index is -0.934. The van der Waals surface area contributed by atoms with E-state index >= 15 is 0 Å². The van der Waals surface area contributed by atoms with E-state index in [-0.39, 0.29) is 25.3 Å². The van der Waals surface area contributed by atoms with Crippen LogP contribution >= 0.6 is 0 Å². The van der Waals surface area contributed by atoms with Crippen LogP contribution in [0, 0.1) is 0 Å². The van der Waals surface area contributed by atoms with Crippen molar-refractivity contribution in [3.63, 3.8) is 0 Å². The van der Waals surface area contributed by atoms with Gasteiger partial charge in [0.15, 0.2) is 0 Å². The summed E-state index contributed by atoms with van der Waals surface area (Å²) in [7, 11) is 0. The standard InChI is InChI=1S/C7H15N3O3/c8-5(9)1-2-6(11)10-4-3-7(12)13/h5H,1-4,8-9H2,(H,10,11)(H,12,13). The highest BCUT2D eigenvalue weighted by atomic mass is 16.4. The number of amides is 1. The van der Waals surface area contributed by atoms with E-state index in [1.165, 1.54) is 0 Å². The quantitative estimate of drug-likeness (QED) is 0.383. The molecule has 0 radical (unpaired) electrons. The first-order chi connectivity index (χ1) is 6.02. The average Bonchev–Trinajstić information content (AvgIpc) is 2.00. The van der Waals surface area contributed by atoms with Gasteiger partial charge in [0.05, 0.1) is 12.6 Å². The Morgan fingerprint density at radius 2 is 1.92 bits per heavy atom. The Balaban J connectivity index is 3.35. The summed E-state index contributed by atoms with van der Waals surface area (Å²) in [5.41, 5.74) is 10.4. The van der Waals surface area contributed by atoms with E-state index in [4.69, 9.17) is 16.6 Å². The molecular formula is C7H15N3O3. The van der Waals surface area contributed by atoms with E-state index in [0.29, 0.717) is 6.42 Å². The summed E-state index contributed by atoms with van der Waals surface area (Å²) >= 11 is 0. The zero-order chi connectivity index (χ0) is 10.3. The number of hydrogen-bond donors (Lipinski definition) is 4. The molecule has 76 valence electrons. The van der Waals surface area contributed by atoms with Gasteiger partial charge < -0.3 is 21.9 Å². The number of carboxylic acid groups (broad SMARTS) is 1. The minimum absolute atomic E-state index is 0.0690. The number of hydrogen-bond acceptors (Lipinski definition) is 4. The van der Waals surface area contributed by atoms with Gasteiger partial charge in [-0.15, -0.1) is 0 Å². The van der Waals surface area contributed by atoms with Crippen molar-refractivity contribution in [1.82, 2.24) is 5.32 Å². The molecule has 0 heterocycles. The van der Waals surface area contributed by atoms with Crippen molar-refractivity contribution in [3.8, 4) is 0 Å². The van der Waals surface area contributed by atoms with Gasteiger partial charge >= 0.3 is 5.97 Å². The van der Waals surface area contributed by atoms with Crippen molar-refractivity contribution < 1.29 is 14.7 Å². The summed E-state index contributed by atoms with van der Waals surface area (Å²) in [6, 6.07) is 0. The Hall–Kier alpha value is -1.14. The number of carboxylic acids is 1. The van der Waals surface area contributed by atoms with E-state index in [9.17, 15) is 9.59 Å². The second-order valence-corrected chi connectivity index (χ2v) is 2.70. The monoisotopic (exact) mass is 189 g/mol. The Kier molecular flexibility index (Phi) is 5.82. The molecule has 0 atom stereocenters. The van der Waals surface area contributed by atoms with Crippen LogP contribution < -0.4 is 16.8 Å². The third kappa shape index (κ3) is 8.77. The van der Waals surface area contributed by atoms with Gasteiger partial charge in [-0.2, -0.15) is 0 Å². The van der Waals surface area contributed by atoms with Crippen LogP contribution in [0.25, 0.3) is 0 Å². The Labute approximate surface area is 76.3 Å². The first-order valence-electron chi connectivity index (χ1n) is 4.02. The topological polar surface area (TPSA) is 118 Å². The molecule has 0 fully saturated rings. The zero-order valence-corrected chi connectivity index (χ0v) is 7.32. The molecule has 0 rings (SSSR count). The van der Waals surface area contributed by atoms with Crippen LogP contribution in [-0.4, -0.2) is 29.7 Å². The number of carbonyl (C=O) groups excluding carboxylic acids is 1. The van der Waals surface area contributed by atoms with Crippen molar-refractivity contribution in [3.05, 3.63) is 0 Å². The van der Waals surface area contributed by atoms with E-state index < -0.39 is 12.1 Å². The maximum absolute atomic E-state index is 10.9. The van der Waals surface area contributed by atoms with Crippen molar-refractivity contribution in [1.29, 1.82) is 0 Å². The lowest BCUT2D eigenvalue weighted by Gasteiger charge is -2.05. The molecule has 6 heteroatoms. The number of rotatable bonds is 6. The summed E-state index contributed by atoms with van der Waals surface area (Å²) in [6.45, 7) is 0.147. The zero-order valence-electron chi connectivity index (χ0n) is 7.32. The first-order valence-corrected chi connectivity index (χ1v) is 4.02. The second kappa shape index (κ2) is 6.38. The molecule has 0 aromatic rings. The van der Waals surface area contributed by atoms with Crippen LogP contribution in [0.5, 0.6) is 0 Å². The van der Waals surface area contributed by atoms with Gasteiger partial charge in [-0.3, -0.25) is 9.59 Å². The van der Waals surface area contributed by atoms with E-state index in [1.807, 2.05) is 0 Å². The molecule has 0 aromatic heterocycles. The third-order valence-corrected chi connectivity index (χ3v) is 1.37. The molecule has 1 amide bonds. The molecule has 0 aliphatic carbocycles. The highest BCUT2D eigenvalue weighted by Gasteiger charge is 2.03. The van der Waals surface area contributed by atoms with Crippen molar-refractivity contribution >= 4 is 11.9 Å². The molecule has 0 saturated carbocycles. The molecule has 0 aromatic carbocycles. The predicted molar refractivity (Wildman–Crippen MR) is 46.7 cm³/mol. The number of nitrogens with one attached hydrogen (secondary N) is 1. The van der Waals surface area contributed by atoms with Crippen LogP contribution in [0.2, 0.25) is 0 Å². The van der Waals surface area contributed by atoms with Gasteiger partial charge in [0, 0.05) is 13.0 Å². The number of nitrogens with two attached hydrogens (primary N) is 2. The van der Waals surface area contributed by atoms with Gasteiger partial charge in [0.25, 0.3) is 0 Å². The average molecular weight is 189 g/mol. The lowest BCUT2D eigenvalue weighted by Crippen LogP contribution is -2.33. The van der Waals surface area contributed by atoms with Crippen LogP contribution in [0.3, 0.4) is 0 Å². The van der Waals surface area contributed by atoms with Gasteiger partial charge in [-0.25, -0.2) is 0 Å².